The van der Waals surface area contributed by atoms with Crippen molar-refractivity contribution in [2.75, 3.05) is 11.9 Å². The van der Waals surface area contributed by atoms with E-state index >= 15 is 0 Å². The lowest BCUT2D eigenvalue weighted by atomic mass is 10.2. The molecule has 1 N–H and O–H groups in total. The molecule has 0 aliphatic rings. The number of aromatic nitrogens is 1. The number of nitrogens with one attached hydrogen (secondary N) is 1. The third-order valence-electron chi connectivity index (χ3n) is 2.82. The smallest absolute Gasteiger partial charge is 0.338 e. The van der Waals surface area contributed by atoms with E-state index in [0.29, 0.717) is 17.9 Å². The van der Waals surface area contributed by atoms with Crippen LogP contribution in [0.5, 0.6) is 0 Å². The Balaban J connectivity index is 2.04. The molecule has 0 fully saturated rings. The molecule has 0 atom stereocenters. The lowest BCUT2D eigenvalue weighted by Gasteiger charge is -2.07. The number of rotatable bonds is 5. The summed E-state index contributed by atoms with van der Waals surface area (Å²) in [6.07, 6.45) is 2.28. The summed E-state index contributed by atoms with van der Waals surface area (Å²) >= 11 is 5.87. The van der Waals surface area contributed by atoms with Gasteiger partial charge in [0.2, 0.25) is 0 Å². The van der Waals surface area contributed by atoms with Crippen LogP contribution in [-0.4, -0.2) is 23.5 Å². The molecule has 114 valence electrons. The molecule has 22 heavy (non-hydrogen) atoms. The van der Waals surface area contributed by atoms with Crippen LogP contribution < -0.4 is 5.32 Å². The normalized spacial score (nSPS) is 10.1. The lowest BCUT2D eigenvalue weighted by molar-refractivity contribution is 0.0505. The number of nitrogens with zero attached hydrogens (tertiary/aromatic N) is 1. The van der Waals surface area contributed by atoms with Crippen LogP contribution in [0, 0.1) is 0 Å². The zero-order valence-corrected chi connectivity index (χ0v) is 12.8. The zero-order valence-electron chi connectivity index (χ0n) is 12.0. The van der Waals surface area contributed by atoms with Crippen molar-refractivity contribution in [3.63, 3.8) is 0 Å². The minimum absolute atomic E-state index is 0.139. The fourth-order valence-electron chi connectivity index (χ4n) is 1.72. The van der Waals surface area contributed by atoms with E-state index in [1.54, 1.807) is 36.4 Å². The van der Waals surface area contributed by atoms with Gasteiger partial charge in [0, 0.05) is 11.9 Å². The van der Waals surface area contributed by atoms with Crippen molar-refractivity contribution in [1.82, 2.24) is 4.98 Å². The van der Waals surface area contributed by atoms with Crippen molar-refractivity contribution in [3.8, 4) is 0 Å². The summed E-state index contributed by atoms with van der Waals surface area (Å²) in [6.45, 7) is 2.31. The number of hydrogen-bond acceptors (Lipinski definition) is 4. The summed E-state index contributed by atoms with van der Waals surface area (Å²) in [5, 5.41) is 2.83. The Bertz CT molecular complexity index is 671. The number of pyridine rings is 1. The zero-order chi connectivity index (χ0) is 15.9. The highest BCUT2D eigenvalue weighted by Crippen LogP contribution is 2.16. The second-order valence-corrected chi connectivity index (χ2v) is 4.87. The standard InChI is InChI=1S/C16H15ClN2O3/c1-2-10-22-16(21)11-5-7-12(8-6-11)19-15(20)13-4-3-9-18-14(13)17/h3-9H,2,10H2,1H3,(H,19,20). The molecule has 0 aliphatic heterocycles. The number of amides is 1. The van der Waals surface area contributed by atoms with E-state index in [1.807, 2.05) is 6.92 Å². The van der Waals surface area contributed by atoms with Crippen LogP contribution in [0.15, 0.2) is 42.6 Å². The number of esters is 1. The number of benzene rings is 1. The molecular weight excluding hydrogens is 304 g/mol. The molecule has 0 unspecified atom stereocenters. The van der Waals surface area contributed by atoms with E-state index in [9.17, 15) is 9.59 Å². The van der Waals surface area contributed by atoms with Crippen molar-refractivity contribution in [2.45, 2.75) is 13.3 Å². The summed E-state index contributed by atoms with van der Waals surface area (Å²) in [5.41, 5.74) is 1.28. The molecule has 0 spiro atoms. The Morgan fingerprint density at radius 3 is 2.59 bits per heavy atom. The van der Waals surface area contributed by atoms with E-state index in [2.05, 4.69) is 10.3 Å². The van der Waals surface area contributed by atoms with Crippen molar-refractivity contribution in [2.24, 2.45) is 0 Å². The third kappa shape index (κ3) is 4.05. The van der Waals surface area contributed by atoms with Gasteiger partial charge >= 0.3 is 5.97 Å². The maximum Gasteiger partial charge on any atom is 0.338 e. The summed E-state index contributed by atoms with van der Waals surface area (Å²) < 4.78 is 5.03. The second kappa shape index (κ2) is 7.56. The number of carbonyl (C=O) groups excluding carboxylic acids is 2. The molecule has 2 rings (SSSR count). The lowest BCUT2D eigenvalue weighted by Crippen LogP contribution is -2.13. The van der Waals surface area contributed by atoms with Crippen molar-refractivity contribution >= 4 is 29.2 Å². The number of hydrogen-bond donors (Lipinski definition) is 1. The third-order valence-corrected chi connectivity index (χ3v) is 3.12. The average Bonchev–Trinajstić information content (AvgIpc) is 2.53. The Morgan fingerprint density at radius 2 is 1.95 bits per heavy atom. The molecule has 5 nitrogen and oxygen atoms in total. The SMILES string of the molecule is CCCOC(=O)c1ccc(NC(=O)c2cccnc2Cl)cc1. The van der Waals surface area contributed by atoms with Gasteiger partial charge in [0.1, 0.15) is 5.15 Å². The van der Waals surface area contributed by atoms with Gasteiger partial charge in [-0.25, -0.2) is 9.78 Å². The van der Waals surface area contributed by atoms with E-state index in [4.69, 9.17) is 16.3 Å². The van der Waals surface area contributed by atoms with E-state index in [-0.39, 0.29) is 22.6 Å². The maximum absolute atomic E-state index is 12.1. The van der Waals surface area contributed by atoms with Gasteiger partial charge in [0.05, 0.1) is 17.7 Å². The minimum atomic E-state index is -0.380. The summed E-state index contributed by atoms with van der Waals surface area (Å²) in [5.74, 6) is -0.741. The Hall–Kier alpha value is -2.40. The van der Waals surface area contributed by atoms with E-state index in [0.717, 1.165) is 6.42 Å². The van der Waals surface area contributed by atoms with Crippen molar-refractivity contribution in [1.29, 1.82) is 0 Å². The Kier molecular flexibility index (Phi) is 5.49. The van der Waals surface area contributed by atoms with Gasteiger partial charge in [-0.15, -0.1) is 0 Å². The van der Waals surface area contributed by atoms with Crippen LogP contribution >= 0.6 is 11.6 Å². The quantitative estimate of drug-likeness (QED) is 0.676. The highest BCUT2D eigenvalue weighted by Gasteiger charge is 2.11. The molecule has 6 heteroatoms. The predicted molar refractivity (Wildman–Crippen MR) is 84.2 cm³/mol. The molecular formula is C16H15ClN2O3. The Labute approximate surface area is 133 Å². The van der Waals surface area contributed by atoms with Crippen LogP contribution in [0.25, 0.3) is 0 Å². The maximum atomic E-state index is 12.1. The molecule has 1 aromatic carbocycles. The number of carbonyl (C=O) groups is 2. The highest BCUT2D eigenvalue weighted by molar-refractivity contribution is 6.33. The first kappa shape index (κ1) is 16.0. The minimum Gasteiger partial charge on any atom is -0.462 e. The molecule has 0 saturated carbocycles. The molecule has 0 radical (unpaired) electrons. The fourth-order valence-corrected chi connectivity index (χ4v) is 1.93. The van der Waals surface area contributed by atoms with Crippen LogP contribution in [0.2, 0.25) is 5.15 Å². The van der Waals surface area contributed by atoms with Crippen LogP contribution in [0.3, 0.4) is 0 Å². The number of halogens is 1. The molecule has 1 aromatic heterocycles. The average molecular weight is 319 g/mol. The fraction of sp³-hybridized carbons (Fsp3) is 0.188. The Morgan fingerprint density at radius 1 is 1.23 bits per heavy atom. The summed E-state index contributed by atoms with van der Waals surface area (Å²) in [4.78, 5) is 27.6. The topological polar surface area (TPSA) is 68.3 Å². The van der Waals surface area contributed by atoms with Crippen LogP contribution in [-0.2, 0) is 4.74 Å². The first-order valence-electron chi connectivity index (χ1n) is 6.81. The number of anilines is 1. The monoisotopic (exact) mass is 318 g/mol. The van der Waals surface area contributed by atoms with Crippen LogP contribution in [0.1, 0.15) is 34.1 Å². The largest absolute Gasteiger partial charge is 0.462 e. The summed E-state index contributed by atoms with van der Waals surface area (Å²) in [6, 6.07) is 9.67. The molecule has 1 heterocycles. The highest BCUT2D eigenvalue weighted by atomic mass is 35.5. The molecule has 0 bridgehead atoms. The van der Waals surface area contributed by atoms with Gasteiger partial charge in [-0.3, -0.25) is 4.79 Å². The van der Waals surface area contributed by atoms with Gasteiger partial charge in [-0.2, -0.15) is 0 Å². The predicted octanol–water partition coefficient (Wildman–Crippen LogP) is 3.55. The number of ether oxygens (including phenoxy) is 1. The van der Waals surface area contributed by atoms with E-state index in [1.165, 1.54) is 6.20 Å². The van der Waals surface area contributed by atoms with Gasteiger partial charge in [-0.1, -0.05) is 18.5 Å². The van der Waals surface area contributed by atoms with Crippen LogP contribution in [0.4, 0.5) is 5.69 Å². The summed E-state index contributed by atoms with van der Waals surface area (Å²) in [7, 11) is 0. The van der Waals surface area contributed by atoms with Crippen molar-refractivity contribution in [3.05, 3.63) is 58.9 Å². The first-order chi connectivity index (χ1) is 10.6. The van der Waals surface area contributed by atoms with Gasteiger partial charge in [0.25, 0.3) is 5.91 Å². The molecule has 0 saturated heterocycles. The van der Waals surface area contributed by atoms with Crippen molar-refractivity contribution < 1.29 is 14.3 Å². The van der Waals surface area contributed by atoms with E-state index < -0.39 is 0 Å². The first-order valence-corrected chi connectivity index (χ1v) is 7.18. The van der Waals surface area contributed by atoms with Gasteiger partial charge < -0.3 is 10.1 Å². The molecule has 1 amide bonds. The molecule has 0 aliphatic carbocycles. The molecule has 2 aromatic rings. The second-order valence-electron chi connectivity index (χ2n) is 4.51. The van der Waals surface area contributed by atoms with Gasteiger partial charge in [-0.05, 0) is 42.8 Å². The van der Waals surface area contributed by atoms with Gasteiger partial charge in [0.15, 0.2) is 0 Å².